The van der Waals surface area contributed by atoms with Crippen LogP contribution in [0.3, 0.4) is 0 Å². The minimum Gasteiger partial charge on any atom is -0.591 e. The van der Waals surface area contributed by atoms with Crippen molar-refractivity contribution in [2.24, 2.45) is 4.40 Å². The highest BCUT2D eigenvalue weighted by atomic mass is 32.2. The second-order valence-electron chi connectivity index (χ2n) is 3.88. The van der Waals surface area contributed by atoms with E-state index in [0.717, 1.165) is 5.56 Å². The molecule has 1 atom stereocenters. The summed E-state index contributed by atoms with van der Waals surface area (Å²) in [6.45, 7) is 5.69. The zero-order valence-electron chi connectivity index (χ0n) is 8.60. The van der Waals surface area contributed by atoms with Gasteiger partial charge in [-0.15, -0.1) is 0 Å². The second kappa shape index (κ2) is 4.57. The summed E-state index contributed by atoms with van der Waals surface area (Å²) in [6, 6.07) is 3.65. The van der Waals surface area contributed by atoms with Crippen LogP contribution in [0.5, 0.6) is 0 Å². The van der Waals surface area contributed by atoms with E-state index in [1.165, 1.54) is 0 Å². The van der Waals surface area contributed by atoms with Crippen molar-refractivity contribution in [2.75, 3.05) is 0 Å². The van der Waals surface area contributed by atoms with E-state index in [4.69, 9.17) is 0 Å². The van der Waals surface area contributed by atoms with Gasteiger partial charge in [-0.25, -0.2) is 0 Å². The maximum absolute atomic E-state index is 11.5. The number of hydrogen-bond donors (Lipinski definition) is 0. The third-order valence-electron chi connectivity index (χ3n) is 1.53. The van der Waals surface area contributed by atoms with Crippen molar-refractivity contribution in [1.29, 1.82) is 0 Å². The molecule has 3 nitrogen and oxygen atoms in total. The quantitative estimate of drug-likeness (QED) is 0.553. The molecule has 76 valence electrons. The SMILES string of the molecule is CC(C)(C)[S@@+]([O-])N=Cc1ccncc1. The predicted molar refractivity (Wildman–Crippen MR) is 59.7 cm³/mol. The highest BCUT2D eigenvalue weighted by Gasteiger charge is 2.25. The third kappa shape index (κ3) is 3.47. The van der Waals surface area contributed by atoms with E-state index in [0.29, 0.717) is 0 Å². The standard InChI is InChI=1S/C10H14N2OS/c1-10(2,3)14(13)12-8-9-4-6-11-7-5-9/h4-8H,1-3H3/t14-/m1/s1. The monoisotopic (exact) mass is 210 g/mol. The summed E-state index contributed by atoms with van der Waals surface area (Å²) in [4.78, 5) is 3.88. The normalized spacial score (nSPS) is 14.6. The fourth-order valence-electron chi connectivity index (χ4n) is 0.716. The summed E-state index contributed by atoms with van der Waals surface area (Å²) in [5.41, 5.74) is 0.914. The lowest BCUT2D eigenvalue weighted by Crippen LogP contribution is -2.25. The van der Waals surface area contributed by atoms with Crippen molar-refractivity contribution in [2.45, 2.75) is 25.5 Å². The Kier molecular flexibility index (Phi) is 3.66. The van der Waals surface area contributed by atoms with Crippen molar-refractivity contribution in [3.05, 3.63) is 30.1 Å². The molecule has 0 aliphatic rings. The molecule has 1 aromatic heterocycles. The lowest BCUT2D eigenvalue weighted by atomic mass is 10.3. The smallest absolute Gasteiger partial charge is 0.144 e. The first-order chi connectivity index (χ1) is 6.50. The lowest BCUT2D eigenvalue weighted by molar-refractivity contribution is 0.562. The Labute approximate surface area is 87.6 Å². The van der Waals surface area contributed by atoms with Crippen molar-refractivity contribution in [1.82, 2.24) is 4.98 Å². The average molecular weight is 210 g/mol. The maximum atomic E-state index is 11.5. The minimum absolute atomic E-state index is 0.302. The Bertz CT molecular complexity index is 306. The fourth-order valence-corrected chi connectivity index (χ4v) is 1.25. The van der Waals surface area contributed by atoms with E-state index in [-0.39, 0.29) is 4.75 Å². The molecule has 0 saturated carbocycles. The molecule has 0 N–H and O–H groups in total. The summed E-state index contributed by atoms with van der Waals surface area (Å²) in [5.74, 6) is 0. The van der Waals surface area contributed by atoms with Gasteiger partial charge in [0.1, 0.15) is 16.1 Å². The number of aromatic nitrogens is 1. The van der Waals surface area contributed by atoms with Crippen LogP contribution in [0.1, 0.15) is 26.3 Å². The molecule has 0 unspecified atom stereocenters. The van der Waals surface area contributed by atoms with Gasteiger partial charge < -0.3 is 4.55 Å². The molecule has 1 aromatic rings. The van der Waals surface area contributed by atoms with E-state index in [9.17, 15) is 4.55 Å². The molecule has 0 saturated heterocycles. The van der Waals surface area contributed by atoms with Crippen LogP contribution in [0.4, 0.5) is 0 Å². The summed E-state index contributed by atoms with van der Waals surface area (Å²) < 4.78 is 15.2. The third-order valence-corrected chi connectivity index (χ3v) is 2.87. The first-order valence-electron chi connectivity index (χ1n) is 4.36. The summed E-state index contributed by atoms with van der Waals surface area (Å²) in [6.07, 6.45) is 4.98. The lowest BCUT2D eigenvalue weighted by Gasteiger charge is -2.17. The van der Waals surface area contributed by atoms with Crippen LogP contribution >= 0.6 is 0 Å². The van der Waals surface area contributed by atoms with Gasteiger partial charge in [0.05, 0.1) is 6.21 Å². The number of pyridine rings is 1. The van der Waals surface area contributed by atoms with Crippen LogP contribution in [0, 0.1) is 0 Å². The van der Waals surface area contributed by atoms with Gasteiger partial charge in [-0.05, 0) is 32.9 Å². The topological polar surface area (TPSA) is 48.3 Å². The average Bonchev–Trinajstić information content (AvgIpc) is 2.14. The van der Waals surface area contributed by atoms with Crippen LogP contribution in [0.2, 0.25) is 0 Å². The van der Waals surface area contributed by atoms with Crippen molar-refractivity contribution < 1.29 is 4.55 Å². The zero-order chi connectivity index (χ0) is 10.6. The Hall–Kier alpha value is -0.870. The fraction of sp³-hybridized carbons (Fsp3) is 0.400. The van der Waals surface area contributed by atoms with Gasteiger partial charge in [-0.2, -0.15) is 0 Å². The largest absolute Gasteiger partial charge is 0.591 e. The molecule has 0 aliphatic heterocycles. The maximum Gasteiger partial charge on any atom is 0.144 e. The van der Waals surface area contributed by atoms with Gasteiger partial charge in [-0.1, -0.05) is 4.40 Å². The molecule has 0 radical (unpaired) electrons. The van der Waals surface area contributed by atoms with E-state index < -0.39 is 11.4 Å². The van der Waals surface area contributed by atoms with Crippen LogP contribution in [-0.2, 0) is 11.4 Å². The van der Waals surface area contributed by atoms with Gasteiger partial charge in [0.25, 0.3) is 0 Å². The Balaban J connectivity index is 2.66. The van der Waals surface area contributed by atoms with E-state index in [1.54, 1.807) is 18.6 Å². The van der Waals surface area contributed by atoms with Crippen molar-refractivity contribution in [3.63, 3.8) is 0 Å². The molecule has 0 aromatic carbocycles. The minimum atomic E-state index is -1.19. The molecule has 0 amide bonds. The van der Waals surface area contributed by atoms with E-state index in [1.807, 2.05) is 32.9 Å². The molecule has 1 heterocycles. The predicted octanol–water partition coefficient (Wildman–Crippen LogP) is 1.96. The summed E-state index contributed by atoms with van der Waals surface area (Å²) >= 11 is -1.19. The Morgan fingerprint density at radius 3 is 2.43 bits per heavy atom. The molecule has 1 rings (SSSR count). The molecule has 4 heteroatoms. The van der Waals surface area contributed by atoms with Crippen molar-refractivity contribution in [3.8, 4) is 0 Å². The zero-order valence-corrected chi connectivity index (χ0v) is 9.41. The van der Waals surface area contributed by atoms with Gasteiger partial charge in [0, 0.05) is 18.0 Å². The number of nitrogens with zero attached hydrogens (tertiary/aromatic N) is 2. The van der Waals surface area contributed by atoms with Crippen LogP contribution < -0.4 is 0 Å². The molecule has 0 fully saturated rings. The second-order valence-corrected chi connectivity index (χ2v) is 5.81. The molecule has 0 aliphatic carbocycles. The van der Waals surface area contributed by atoms with Gasteiger partial charge >= 0.3 is 0 Å². The van der Waals surface area contributed by atoms with Crippen molar-refractivity contribution >= 4 is 17.6 Å². The molecule has 0 bridgehead atoms. The van der Waals surface area contributed by atoms with Gasteiger partial charge in [-0.3, -0.25) is 4.98 Å². The molecule has 14 heavy (non-hydrogen) atoms. The molecule has 0 spiro atoms. The van der Waals surface area contributed by atoms with Crippen LogP contribution in [0.25, 0.3) is 0 Å². The van der Waals surface area contributed by atoms with E-state index >= 15 is 0 Å². The van der Waals surface area contributed by atoms with Gasteiger partial charge in [0.2, 0.25) is 0 Å². The number of hydrogen-bond acceptors (Lipinski definition) is 3. The number of rotatable bonds is 2. The first kappa shape index (κ1) is 11.2. The van der Waals surface area contributed by atoms with Crippen LogP contribution in [-0.4, -0.2) is 20.5 Å². The van der Waals surface area contributed by atoms with Gasteiger partial charge in [0.15, 0.2) is 0 Å². The van der Waals surface area contributed by atoms with Crippen LogP contribution in [0.15, 0.2) is 28.9 Å². The summed E-state index contributed by atoms with van der Waals surface area (Å²) in [5, 5.41) is 0. The van der Waals surface area contributed by atoms with E-state index in [2.05, 4.69) is 9.38 Å². The molecular weight excluding hydrogens is 196 g/mol. The Morgan fingerprint density at radius 2 is 1.93 bits per heavy atom. The Morgan fingerprint density at radius 1 is 1.36 bits per heavy atom. The molecular formula is C10H14N2OS. The first-order valence-corrected chi connectivity index (χ1v) is 5.47. The highest BCUT2D eigenvalue weighted by Crippen LogP contribution is 2.16. The highest BCUT2D eigenvalue weighted by molar-refractivity contribution is 7.91. The summed E-state index contributed by atoms with van der Waals surface area (Å²) in [7, 11) is 0.